The normalized spacial score (nSPS) is 15.1. The van der Waals surface area contributed by atoms with Crippen LogP contribution >= 0.6 is 0 Å². The molecule has 3 aromatic rings. The smallest absolute Gasteiger partial charge is 0.317 e. The first kappa shape index (κ1) is 21.6. The summed E-state index contributed by atoms with van der Waals surface area (Å²) in [5.41, 5.74) is 8.00. The van der Waals surface area contributed by atoms with E-state index in [1.165, 1.54) is 22.8 Å². The number of carbonyl (C=O) groups excluding carboxylic acids is 2. The number of aryl methyl sites for hydroxylation is 4. The Hall–Kier alpha value is -3.67. The molecular formula is C26H26FN3O2. The fraction of sp³-hybridized carbons (Fsp3) is 0.231. The molecule has 4 rings (SSSR count). The van der Waals surface area contributed by atoms with Crippen molar-refractivity contribution in [2.45, 2.75) is 41.2 Å². The number of benzene rings is 2. The van der Waals surface area contributed by atoms with E-state index in [1.807, 2.05) is 19.9 Å². The predicted octanol–water partition coefficient (Wildman–Crippen LogP) is 5.25. The molecule has 1 fully saturated rings. The second-order valence-corrected chi connectivity index (χ2v) is 8.38. The van der Waals surface area contributed by atoms with Gasteiger partial charge in [0.05, 0.1) is 12.2 Å². The molecule has 1 N–H and O–H groups in total. The Balaban J connectivity index is 1.68. The highest BCUT2D eigenvalue weighted by molar-refractivity contribution is 6.14. The summed E-state index contributed by atoms with van der Waals surface area (Å²) in [7, 11) is 0. The molecule has 1 aliphatic rings. The van der Waals surface area contributed by atoms with Crippen LogP contribution in [0.5, 0.6) is 0 Å². The highest BCUT2D eigenvalue weighted by Crippen LogP contribution is 2.29. The van der Waals surface area contributed by atoms with Gasteiger partial charge in [-0.3, -0.25) is 9.69 Å². The lowest BCUT2D eigenvalue weighted by Crippen LogP contribution is -2.30. The number of aromatic nitrogens is 1. The summed E-state index contributed by atoms with van der Waals surface area (Å²) in [6.07, 6.45) is 1.69. The number of imide groups is 1. The summed E-state index contributed by atoms with van der Waals surface area (Å²) in [5, 5.41) is 2.63. The zero-order valence-electron chi connectivity index (χ0n) is 18.9. The van der Waals surface area contributed by atoms with Crippen LogP contribution in [0.4, 0.5) is 9.18 Å². The van der Waals surface area contributed by atoms with Crippen molar-refractivity contribution in [3.8, 4) is 5.69 Å². The lowest BCUT2D eigenvalue weighted by Gasteiger charge is -2.17. The van der Waals surface area contributed by atoms with Crippen molar-refractivity contribution >= 4 is 18.0 Å². The van der Waals surface area contributed by atoms with Crippen molar-refractivity contribution in [3.63, 3.8) is 0 Å². The molecule has 0 unspecified atom stereocenters. The molecule has 0 spiro atoms. The van der Waals surface area contributed by atoms with Gasteiger partial charge in [-0.1, -0.05) is 35.9 Å². The summed E-state index contributed by atoms with van der Waals surface area (Å²) in [6, 6.07) is 11.9. The van der Waals surface area contributed by atoms with Crippen LogP contribution in [0.1, 0.15) is 39.2 Å². The van der Waals surface area contributed by atoms with Gasteiger partial charge in [0.1, 0.15) is 11.5 Å². The van der Waals surface area contributed by atoms with Crippen LogP contribution in [0.3, 0.4) is 0 Å². The van der Waals surface area contributed by atoms with E-state index in [1.54, 1.807) is 24.3 Å². The molecule has 1 aliphatic heterocycles. The Labute approximate surface area is 187 Å². The third kappa shape index (κ3) is 3.73. The second-order valence-electron chi connectivity index (χ2n) is 8.38. The van der Waals surface area contributed by atoms with E-state index in [-0.39, 0.29) is 12.2 Å². The van der Waals surface area contributed by atoms with Crippen molar-refractivity contribution < 1.29 is 14.0 Å². The van der Waals surface area contributed by atoms with Crippen LogP contribution in [0.15, 0.2) is 48.2 Å². The molecule has 164 valence electrons. The Morgan fingerprint density at radius 2 is 1.62 bits per heavy atom. The SMILES string of the molecule is Cc1cc(C)c(-n2c(C)cc(C=C3NC(=O)N(Cc4ccccc4F)C3=O)c2C)c(C)c1. The summed E-state index contributed by atoms with van der Waals surface area (Å²) < 4.78 is 16.2. The van der Waals surface area contributed by atoms with Crippen LogP contribution in [0.25, 0.3) is 11.8 Å². The van der Waals surface area contributed by atoms with Crippen molar-refractivity contribution in [3.05, 3.63) is 93.2 Å². The molecule has 3 amide bonds. The van der Waals surface area contributed by atoms with E-state index >= 15 is 0 Å². The van der Waals surface area contributed by atoms with Crippen molar-refractivity contribution in [2.24, 2.45) is 0 Å². The molecule has 0 bridgehead atoms. The standard InChI is InChI=1S/C26H26FN3O2/c1-15-10-16(2)24(17(3)11-15)30-18(4)12-21(19(30)5)13-23-25(31)29(26(32)28-23)14-20-8-6-7-9-22(20)27/h6-13H,14H2,1-5H3,(H,28,32). The number of rotatable bonds is 4. The highest BCUT2D eigenvalue weighted by Gasteiger charge is 2.34. The van der Waals surface area contributed by atoms with E-state index in [0.29, 0.717) is 5.56 Å². The van der Waals surface area contributed by atoms with Gasteiger partial charge < -0.3 is 9.88 Å². The fourth-order valence-electron chi connectivity index (χ4n) is 4.47. The fourth-order valence-corrected chi connectivity index (χ4v) is 4.47. The van der Waals surface area contributed by atoms with E-state index in [2.05, 4.69) is 42.8 Å². The van der Waals surface area contributed by atoms with E-state index in [9.17, 15) is 14.0 Å². The zero-order chi connectivity index (χ0) is 23.2. The molecular weight excluding hydrogens is 405 g/mol. The maximum absolute atomic E-state index is 14.0. The molecule has 2 aromatic carbocycles. The topological polar surface area (TPSA) is 54.3 Å². The average molecular weight is 432 g/mol. The number of halogens is 1. The van der Waals surface area contributed by atoms with Gasteiger partial charge in [0, 0.05) is 17.0 Å². The molecule has 2 heterocycles. The lowest BCUT2D eigenvalue weighted by atomic mass is 10.0. The lowest BCUT2D eigenvalue weighted by molar-refractivity contribution is -0.123. The first-order valence-corrected chi connectivity index (χ1v) is 10.5. The van der Waals surface area contributed by atoms with Crippen molar-refractivity contribution in [1.29, 1.82) is 0 Å². The molecule has 0 radical (unpaired) electrons. The third-order valence-electron chi connectivity index (χ3n) is 5.88. The van der Waals surface area contributed by atoms with Crippen LogP contribution in [-0.2, 0) is 11.3 Å². The maximum Gasteiger partial charge on any atom is 0.329 e. The van der Waals surface area contributed by atoms with E-state index in [0.717, 1.165) is 27.5 Å². The quantitative estimate of drug-likeness (QED) is 0.453. The van der Waals surface area contributed by atoms with Crippen LogP contribution in [0.2, 0.25) is 0 Å². The summed E-state index contributed by atoms with van der Waals surface area (Å²) in [4.78, 5) is 26.4. The molecule has 5 nitrogen and oxygen atoms in total. The Morgan fingerprint density at radius 1 is 0.969 bits per heavy atom. The Bertz CT molecular complexity index is 1260. The average Bonchev–Trinajstić information content (AvgIpc) is 3.13. The first-order valence-electron chi connectivity index (χ1n) is 10.5. The van der Waals surface area contributed by atoms with Crippen LogP contribution in [-0.4, -0.2) is 21.4 Å². The minimum absolute atomic E-state index is 0.116. The Kier molecular flexibility index (Phi) is 5.46. The molecule has 1 aromatic heterocycles. The summed E-state index contributed by atoms with van der Waals surface area (Å²) >= 11 is 0. The molecule has 0 aliphatic carbocycles. The Morgan fingerprint density at radius 3 is 2.28 bits per heavy atom. The van der Waals surface area contributed by atoms with Gasteiger partial charge in [-0.05, 0) is 69.5 Å². The summed E-state index contributed by atoms with van der Waals surface area (Å²) in [6.45, 7) is 10.2. The second kappa shape index (κ2) is 8.11. The largest absolute Gasteiger partial charge is 0.329 e. The van der Waals surface area contributed by atoms with Crippen LogP contribution < -0.4 is 5.32 Å². The number of hydrogen-bond donors (Lipinski definition) is 1. The van der Waals surface area contributed by atoms with Gasteiger partial charge in [0.2, 0.25) is 0 Å². The highest BCUT2D eigenvalue weighted by atomic mass is 19.1. The van der Waals surface area contributed by atoms with Crippen molar-refractivity contribution in [2.75, 3.05) is 0 Å². The van der Waals surface area contributed by atoms with E-state index in [4.69, 9.17) is 0 Å². The van der Waals surface area contributed by atoms with Gasteiger partial charge >= 0.3 is 6.03 Å². The van der Waals surface area contributed by atoms with Gasteiger partial charge in [0.15, 0.2) is 0 Å². The predicted molar refractivity (Wildman–Crippen MR) is 123 cm³/mol. The van der Waals surface area contributed by atoms with Crippen LogP contribution in [0, 0.1) is 40.4 Å². The zero-order valence-corrected chi connectivity index (χ0v) is 18.9. The number of nitrogens with zero attached hydrogens (tertiary/aromatic N) is 2. The number of hydrogen-bond acceptors (Lipinski definition) is 2. The molecule has 0 atom stereocenters. The third-order valence-corrected chi connectivity index (χ3v) is 5.88. The number of urea groups is 1. The van der Waals surface area contributed by atoms with Gasteiger partial charge in [-0.15, -0.1) is 0 Å². The first-order chi connectivity index (χ1) is 15.2. The minimum Gasteiger partial charge on any atom is -0.317 e. The number of carbonyl (C=O) groups is 2. The number of nitrogens with one attached hydrogen (secondary N) is 1. The maximum atomic E-state index is 14.0. The van der Waals surface area contributed by atoms with Crippen molar-refractivity contribution in [1.82, 2.24) is 14.8 Å². The van der Waals surface area contributed by atoms with Gasteiger partial charge in [-0.25, -0.2) is 9.18 Å². The van der Waals surface area contributed by atoms with Gasteiger partial charge in [0.25, 0.3) is 5.91 Å². The monoisotopic (exact) mass is 431 g/mol. The molecule has 0 saturated carbocycles. The number of amides is 3. The minimum atomic E-state index is -0.552. The molecule has 32 heavy (non-hydrogen) atoms. The van der Waals surface area contributed by atoms with Gasteiger partial charge in [-0.2, -0.15) is 0 Å². The summed E-state index contributed by atoms with van der Waals surface area (Å²) in [5.74, 6) is -0.913. The molecule has 6 heteroatoms. The molecule has 1 saturated heterocycles. The van der Waals surface area contributed by atoms with E-state index < -0.39 is 17.8 Å².